The number of nitrogens with zero attached hydrogens (tertiary/aromatic N) is 1. The topological polar surface area (TPSA) is 75.7 Å². The van der Waals surface area contributed by atoms with E-state index >= 15 is 0 Å². The van der Waals surface area contributed by atoms with Gasteiger partial charge in [0.05, 0.1) is 17.6 Å². The summed E-state index contributed by atoms with van der Waals surface area (Å²) < 4.78 is 33.0. The van der Waals surface area contributed by atoms with E-state index in [0.717, 1.165) is 24.8 Å². The lowest BCUT2D eigenvalue weighted by Gasteiger charge is -2.33. The van der Waals surface area contributed by atoms with Crippen LogP contribution in [0.25, 0.3) is 0 Å². The van der Waals surface area contributed by atoms with Gasteiger partial charge in [0, 0.05) is 24.7 Å². The number of rotatable bonds is 5. The molecule has 132 valence electrons. The first-order valence-electron chi connectivity index (χ1n) is 8.44. The van der Waals surface area contributed by atoms with Crippen LogP contribution in [-0.4, -0.2) is 51.1 Å². The number of morpholine rings is 1. The van der Waals surface area contributed by atoms with E-state index in [1.807, 2.05) is 13.8 Å². The van der Waals surface area contributed by atoms with Gasteiger partial charge in [-0.15, -0.1) is 0 Å². The Kier molecular flexibility index (Phi) is 4.94. The van der Waals surface area contributed by atoms with Crippen LogP contribution in [0.5, 0.6) is 0 Å². The Morgan fingerprint density at radius 2 is 2.12 bits per heavy atom. The Bertz CT molecular complexity index is 728. The molecule has 1 atom stereocenters. The molecule has 6 nitrogen and oxygen atoms in total. The molecule has 3 rings (SSSR count). The molecule has 1 saturated carbocycles. The molecule has 1 aromatic carbocycles. The summed E-state index contributed by atoms with van der Waals surface area (Å²) in [5.74, 6) is -0.127. The molecule has 1 aliphatic carbocycles. The van der Waals surface area contributed by atoms with Crippen LogP contribution in [0.1, 0.15) is 42.1 Å². The number of benzene rings is 1. The molecule has 1 unspecified atom stereocenters. The zero-order valence-electron chi connectivity index (χ0n) is 14.1. The molecule has 1 heterocycles. The predicted molar refractivity (Wildman–Crippen MR) is 90.5 cm³/mol. The maximum Gasteiger partial charge on any atom is 0.254 e. The summed E-state index contributed by atoms with van der Waals surface area (Å²) >= 11 is 0. The van der Waals surface area contributed by atoms with Crippen LogP contribution in [0.4, 0.5) is 0 Å². The lowest BCUT2D eigenvalue weighted by molar-refractivity contribution is -0.0226. The van der Waals surface area contributed by atoms with Crippen molar-refractivity contribution in [1.82, 2.24) is 9.62 Å². The van der Waals surface area contributed by atoms with Crippen molar-refractivity contribution in [1.29, 1.82) is 0 Å². The van der Waals surface area contributed by atoms with Gasteiger partial charge in [-0.05, 0) is 43.9 Å². The molecule has 2 aliphatic rings. The Morgan fingerprint density at radius 1 is 1.38 bits per heavy atom. The van der Waals surface area contributed by atoms with Crippen molar-refractivity contribution in [2.24, 2.45) is 0 Å². The van der Waals surface area contributed by atoms with Crippen molar-refractivity contribution < 1.29 is 17.9 Å². The summed E-state index contributed by atoms with van der Waals surface area (Å²) in [5.41, 5.74) is 1.23. The second-order valence-corrected chi connectivity index (χ2v) is 8.24. The number of sulfonamides is 1. The molecule has 1 aromatic rings. The summed E-state index contributed by atoms with van der Waals surface area (Å²) in [7, 11) is -3.56. The third-order valence-corrected chi connectivity index (χ3v) is 6.05. The largest absolute Gasteiger partial charge is 0.375 e. The van der Waals surface area contributed by atoms with E-state index in [2.05, 4.69) is 4.72 Å². The maximum atomic E-state index is 12.9. The minimum atomic E-state index is -3.56. The van der Waals surface area contributed by atoms with Gasteiger partial charge in [-0.25, -0.2) is 13.1 Å². The van der Waals surface area contributed by atoms with Crippen molar-refractivity contribution in [3.63, 3.8) is 0 Å². The van der Waals surface area contributed by atoms with Crippen LogP contribution < -0.4 is 4.72 Å². The van der Waals surface area contributed by atoms with Crippen LogP contribution in [0.2, 0.25) is 0 Å². The highest BCUT2D eigenvalue weighted by Gasteiger charge is 2.30. The number of aryl methyl sites for hydroxylation is 1. The first-order valence-corrected chi connectivity index (χ1v) is 9.93. The molecule has 1 aliphatic heterocycles. The van der Waals surface area contributed by atoms with Gasteiger partial charge in [-0.2, -0.15) is 0 Å². The molecular formula is C17H24N2O4S. The monoisotopic (exact) mass is 352 g/mol. The van der Waals surface area contributed by atoms with E-state index < -0.39 is 10.0 Å². The molecule has 1 amide bonds. The van der Waals surface area contributed by atoms with Crippen molar-refractivity contribution in [3.05, 3.63) is 29.3 Å². The van der Waals surface area contributed by atoms with Gasteiger partial charge in [0.2, 0.25) is 10.0 Å². The van der Waals surface area contributed by atoms with Gasteiger partial charge < -0.3 is 9.64 Å². The summed E-state index contributed by atoms with van der Waals surface area (Å²) in [5, 5.41) is 0. The van der Waals surface area contributed by atoms with Crippen LogP contribution in [0.3, 0.4) is 0 Å². The van der Waals surface area contributed by atoms with Gasteiger partial charge in [0.15, 0.2) is 0 Å². The number of hydrogen-bond donors (Lipinski definition) is 1. The van der Waals surface area contributed by atoms with Crippen LogP contribution in [-0.2, 0) is 14.8 Å². The molecule has 24 heavy (non-hydrogen) atoms. The Labute approximate surface area is 143 Å². The lowest BCUT2D eigenvalue weighted by Crippen LogP contribution is -2.45. The van der Waals surface area contributed by atoms with Gasteiger partial charge in [-0.3, -0.25) is 4.79 Å². The average Bonchev–Trinajstić information content (AvgIpc) is 3.37. The number of hydrogen-bond acceptors (Lipinski definition) is 4. The highest BCUT2D eigenvalue weighted by Crippen LogP contribution is 2.24. The second-order valence-electron chi connectivity index (χ2n) is 6.52. The number of amides is 1. The minimum absolute atomic E-state index is 0.0417. The van der Waals surface area contributed by atoms with Crippen molar-refractivity contribution in [2.75, 3.05) is 19.7 Å². The van der Waals surface area contributed by atoms with Crippen molar-refractivity contribution in [2.45, 2.75) is 50.2 Å². The molecule has 1 saturated heterocycles. The van der Waals surface area contributed by atoms with E-state index in [1.165, 1.54) is 6.07 Å². The molecule has 0 radical (unpaired) electrons. The molecule has 0 aromatic heterocycles. The number of nitrogens with one attached hydrogen (secondary N) is 1. The fourth-order valence-corrected chi connectivity index (χ4v) is 4.14. The quantitative estimate of drug-likeness (QED) is 0.875. The fourth-order valence-electron chi connectivity index (χ4n) is 2.81. The third kappa shape index (κ3) is 3.79. The van der Waals surface area contributed by atoms with Crippen LogP contribution in [0.15, 0.2) is 23.1 Å². The average molecular weight is 352 g/mol. The fraction of sp³-hybridized carbons (Fsp3) is 0.588. The maximum absolute atomic E-state index is 12.9. The number of carbonyl (C=O) groups is 1. The van der Waals surface area contributed by atoms with Crippen LogP contribution in [0, 0.1) is 6.92 Å². The minimum Gasteiger partial charge on any atom is -0.375 e. The predicted octanol–water partition coefficient (Wildman–Crippen LogP) is 1.69. The SMILES string of the molecule is CCC1CN(C(=O)c2cc(S(=O)(=O)NC3CC3)ccc2C)CCO1. The van der Waals surface area contributed by atoms with E-state index in [4.69, 9.17) is 4.74 Å². The molecule has 1 N–H and O–H groups in total. The highest BCUT2D eigenvalue weighted by atomic mass is 32.2. The highest BCUT2D eigenvalue weighted by molar-refractivity contribution is 7.89. The smallest absolute Gasteiger partial charge is 0.254 e. The first-order chi connectivity index (χ1) is 11.4. The standard InChI is InChI=1S/C17H24N2O4S/c1-3-14-11-19(8-9-23-14)17(20)16-10-15(7-4-12(16)2)24(21,22)18-13-5-6-13/h4,7,10,13-14,18H,3,5-6,8-9,11H2,1-2H3. The zero-order chi connectivity index (χ0) is 17.3. The summed E-state index contributed by atoms with van der Waals surface area (Å²) in [4.78, 5) is 14.8. The number of ether oxygens (including phenoxy) is 1. The van der Waals surface area contributed by atoms with Crippen LogP contribution >= 0.6 is 0 Å². The Hall–Kier alpha value is -1.44. The van der Waals surface area contributed by atoms with Gasteiger partial charge >= 0.3 is 0 Å². The van der Waals surface area contributed by atoms with E-state index in [0.29, 0.717) is 25.3 Å². The van der Waals surface area contributed by atoms with Gasteiger partial charge in [0.1, 0.15) is 0 Å². The van der Waals surface area contributed by atoms with E-state index in [9.17, 15) is 13.2 Å². The number of carbonyl (C=O) groups excluding carboxylic acids is 1. The Morgan fingerprint density at radius 3 is 2.79 bits per heavy atom. The molecule has 7 heteroatoms. The lowest BCUT2D eigenvalue weighted by atomic mass is 10.1. The van der Waals surface area contributed by atoms with Crippen molar-refractivity contribution in [3.8, 4) is 0 Å². The summed E-state index contributed by atoms with van der Waals surface area (Å²) in [6, 6.07) is 4.80. The summed E-state index contributed by atoms with van der Waals surface area (Å²) in [6.07, 6.45) is 2.65. The van der Waals surface area contributed by atoms with E-state index in [1.54, 1.807) is 17.0 Å². The Balaban J connectivity index is 1.84. The first kappa shape index (κ1) is 17.4. The normalized spacial score (nSPS) is 21.8. The van der Waals surface area contributed by atoms with E-state index in [-0.39, 0.29) is 22.9 Å². The third-order valence-electron chi connectivity index (χ3n) is 4.53. The second kappa shape index (κ2) is 6.82. The molecule has 0 bridgehead atoms. The molecular weight excluding hydrogens is 328 g/mol. The summed E-state index contributed by atoms with van der Waals surface area (Å²) in [6.45, 7) is 5.46. The molecule has 2 fully saturated rings. The van der Waals surface area contributed by atoms with Crippen molar-refractivity contribution >= 4 is 15.9 Å². The zero-order valence-corrected chi connectivity index (χ0v) is 14.9. The van der Waals surface area contributed by atoms with Gasteiger partial charge in [0.25, 0.3) is 5.91 Å². The molecule has 0 spiro atoms. The van der Waals surface area contributed by atoms with Gasteiger partial charge in [-0.1, -0.05) is 13.0 Å².